The minimum Gasteiger partial charge on any atom is -0.358 e. The van der Waals surface area contributed by atoms with Crippen molar-refractivity contribution in [1.82, 2.24) is 14.9 Å². The molecular weight excluding hydrogens is 310 g/mol. The van der Waals surface area contributed by atoms with E-state index in [1.54, 1.807) is 0 Å². The van der Waals surface area contributed by atoms with Crippen molar-refractivity contribution in [3.8, 4) is 11.1 Å². The molecule has 1 aliphatic rings. The molecule has 3 aromatic rings. The van der Waals surface area contributed by atoms with Crippen LogP contribution in [0.15, 0.2) is 48.8 Å². The molecule has 2 aromatic heterocycles. The third kappa shape index (κ3) is 2.93. The second-order valence-corrected chi connectivity index (χ2v) is 6.73. The van der Waals surface area contributed by atoms with Crippen molar-refractivity contribution in [3.05, 3.63) is 54.5 Å². The first-order valence-electron chi connectivity index (χ1n) is 9.06. The maximum Gasteiger partial charge on any atom is 0.222 e. The SMILES string of the molecule is CCC(=O)N1CCC[C@H](c2[nH]c3ccccc3c2-c2ccncc2)C1. The first kappa shape index (κ1) is 15.9. The first-order chi connectivity index (χ1) is 12.3. The van der Waals surface area contributed by atoms with Gasteiger partial charge in [0.2, 0.25) is 5.91 Å². The number of carbonyl (C=O) groups excluding carboxylic acids is 1. The third-order valence-corrected chi connectivity index (χ3v) is 5.19. The van der Waals surface area contributed by atoms with Crippen LogP contribution in [0.5, 0.6) is 0 Å². The second kappa shape index (κ2) is 6.71. The van der Waals surface area contributed by atoms with E-state index >= 15 is 0 Å². The maximum absolute atomic E-state index is 12.2. The number of nitrogens with zero attached hydrogens (tertiary/aromatic N) is 2. The zero-order chi connectivity index (χ0) is 17.2. The molecule has 1 fully saturated rings. The van der Waals surface area contributed by atoms with Gasteiger partial charge in [0.25, 0.3) is 0 Å². The highest BCUT2D eigenvalue weighted by Gasteiger charge is 2.28. The molecule has 0 unspecified atom stereocenters. The summed E-state index contributed by atoms with van der Waals surface area (Å²) in [6, 6.07) is 12.6. The molecule has 0 bridgehead atoms. The molecule has 1 atom stereocenters. The number of piperidine rings is 1. The lowest BCUT2D eigenvalue weighted by atomic mass is 9.89. The fourth-order valence-corrected chi connectivity index (χ4v) is 3.96. The predicted octanol–water partition coefficient (Wildman–Crippen LogP) is 4.35. The molecule has 1 N–H and O–H groups in total. The number of benzene rings is 1. The van der Waals surface area contributed by atoms with Gasteiger partial charge in [-0.15, -0.1) is 0 Å². The van der Waals surface area contributed by atoms with Gasteiger partial charge in [0.05, 0.1) is 0 Å². The summed E-state index contributed by atoms with van der Waals surface area (Å²) in [4.78, 5) is 22.0. The van der Waals surface area contributed by atoms with Crippen LogP contribution in [0.3, 0.4) is 0 Å². The number of rotatable bonds is 3. The van der Waals surface area contributed by atoms with E-state index in [1.165, 1.54) is 22.2 Å². The summed E-state index contributed by atoms with van der Waals surface area (Å²) in [6.07, 6.45) is 6.43. The van der Waals surface area contributed by atoms with Crippen molar-refractivity contribution in [3.63, 3.8) is 0 Å². The lowest BCUT2D eigenvalue weighted by Gasteiger charge is -2.33. The summed E-state index contributed by atoms with van der Waals surface area (Å²) in [5, 5.41) is 1.24. The standard InChI is InChI=1S/C21H23N3O/c1-2-19(25)24-13-5-6-16(14-24)21-20(15-9-11-22-12-10-15)17-7-3-4-8-18(17)23-21/h3-4,7-12,16,23H,2,5-6,13-14H2,1H3/t16-/m0/s1. The molecule has 1 aliphatic heterocycles. The van der Waals surface area contributed by atoms with Gasteiger partial charge in [-0.2, -0.15) is 0 Å². The Labute approximate surface area is 147 Å². The molecule has 0 spiro atoms. The van der Waals surface area contributed by atoms with Gasteiger partial charge in [0.1, 0.15) is 0 Å². The van der Waals surface area contributed by atoms with Crippen LogP contribution in [0.25, 0.3) is 22.0 Å². The molecule has 4 heteroatoms. The van der Waals surface area contributed by atoms with Crippen molar-refractivity contribution in [2.45, 2.75) is 32.1 Å². The molecule has 4 rings (SSSR count). The number of pyridine rings is 1. The van der Waals surface area contributed by atoms with E-state index < -0.39 is 0 Å². The number of likely N-dealkylation sites (tertiary alicyclic amines) is 1. The van der Waals surface area contributed by atoms with E-state index in [4.69, 9.17) is 0 Å². The Bertz CT molecular complexity index is 885. The highest BCUT2D eigenvalue weighted by molar-refractivity contribution is 5.97. The van der Waals surface area contributed by atoms with Gasteiger partial charge in [0.15, 0.2) is 0 Å². The zero-order valence-electron chi connectivity index (χ0n) is 14.5. The Morgan fingerprint density at radius 3 is 2.84 bits per heavy atom. The third-order valence-electron chi connectivity index (χ3n) is 5.19. The van der Waals surface area contributed by atoms with Crippen LogP contribution >= 0.6 is 0 Å². The largest absolute Gasteiger partial charge is 0.358 e. The van der Waals surface area contributed by atoms with E-state index in [-0.39, 0.29) is 5.91 Å². The van der Waals surface area contributed by atoms with Gasteiger partial charge in [-0.05, 0) is 36.6 Å². The lowest BCUT2D eigenvalue weighted by molar-refractivity contribution is -0.132. The number of carbonyl (C=O) groups is 1. The van der Waals surface area contributed by atoms with Crippen molar-refractivity contribution in [1.29, 1.82) is 0 Å². The number of para-hydroxylation sites is 1. The summed E-state index contributed by atoms with van der Waals surface area (Å²) in [7, 11) is 0. The molecule has 1 amide bonds. The fourth-order valence-electron chi connectivity index (χ4n) is 3.96. The quantitative estimate of drug-likeness (QED) is 0.775. The molecule has 25 heavy (non-hydrogen) atoms. The van der Waals surface area contributed by atoms with Gasteiger partial charge < -0.3 is 9.88 Å². The average molecular weight is 333 g/mol. The Morgan fingerprint density at radius 2 is 2.04 bits per heavy atom. The van der Waals surface area contributed by atoms with Crippen molar-refractivity contribution in [2.24, 2.45) is 0 Å². The monoisotopic (exact) mass is 333 g/mol. The molecule has 4 nitrogen and oxygen atoms in total. The Balaban J connectivity index is 1.80. The number of nitrogens with one attached hydrogen (secondary N) is 1. The van der Waals surface area contributed by atoms with Crippen molar-refractivity contribution < 1.29 is 4.79 Å². The first-order valence-corrected chi connectivity index (χ1v) is 9.06. The van der Waals surface area contributed by atoms with E-state index in [0.29, 0.717) is 12.3 Å². The predicted molar refractivity (Wildman–Crippen MR) is 100 cm³/mol. The number of aromatic amines is 1. The van der Waals surface area contributed by atoms with Gasteiger partial charge in [-0.1, -0.05) is 25.1 Å². The van der Waals surface area contributed by atoms with Crippen LogP contribution in [0.1, 0.15) is 37.8 Å². The highest BCUT2D eigenvalue weighted by Crippen LogP contribution is 2.39. The Kier molecular flexibility index (Phi) is 4.26. The molecule has 0 saturated carbocycles. The smallest absolute Gasteiger partial charge is 0.222 e. The molecular formula is C21H23N3O. The van der Waals surface area contributed by atoms with E-state index in [0.717, 1.165) is 31.4 Å². The minimum atomic E-state index is 0.256. The van der Waals surface area contributed by atoms with Gasteiger partial charge in [0, 0.05) is 60.0 Å². The Morgan fingerprint density at radius 1 is 1.24 bits per heavy atom. The Hall–Kier alpha value is -2.62. The topological polar surface area (TPSA) is 49.0 Å². The van der Waals surface area contributed by atoms with Crippen LogP contribution in [0, 0.1) is 0 Å². The van der Waals surface area contributed by atoms with E-state index in [2.05, 4.69) is 46.4 Å². The van der Waals surface area contributed by atoms with Gasteiger partial charge in [-0.3, -0.25) is 9.78 Å². The maximum atomic E-state index is 12.2. The molecule has 0 radical (unpaired) electrons. The van der Waals surface area contributed by atoms with Gasteiger partial charge in [-0.25, -0.2) is 0 Å². The average Bonchev–Trinajstić information content (AvgIpc) is 3.07. The highest BCUT2D eigenvalue weighted by atomic mass is 16.2. The number of amides is 1. The van der Waals surface area contributed by atoms with E-state index in [9.17, 15) is 4.79 Å². The van der Waals surface area contributed by atoms with Crippen LogP contribution in [-0.2, 0) is 4.79 Å². The number of H-pyrrole nitrogens is 1. The molecule has 1 saturated heterocycles. The van der Waals surface area contributed by atoms with E-state index in [1.807, 2.05) is 24.2 Å². The zero-order valence-corrected chi connectivity index (χ0v) is 14.5. The summed E-state index contributed by atoms with van der Waals surface area (Å²) in [5.41, 5.74) is 4.85. The molecule has 3 heterocycles. The van der Waals surface area contributed by atoms with Crippen molar-refractivity contribution >= 4 is 16.8 Å². The number of hydrogen-bond acceptors (Lipinski definition) is 2. The van der Waals surface area contributed by atoms with Crippen LogP contribution in [-0.4, -0.2) is 33.9 Å². The summed E-state index contributed by atoms with van der Waals surface area (Å²) in [5.74, 6) is 0.603. The summed E-state index contributed by atoms with van der Waals surface area (Å²) in [6.45, 7) is 3.63. The molecule has 128 valence electrons. The fraction of sp³-hybridized carbons (Fsp3) is 0.333. The normalized spacial score (nSPS) is 17.8. The number of fused-ring (bicyclic) bond motifs is 1. The molecule has 1 aromatic carbocycles. The second-order valence-electron chi connectivity index (χ2n) is 6.73. The molecule has 0 aliphatic carbocycles. The summed E-state index contributed by atoms with van der Waals surface area (Å²) >= 11 is 0. The van der Waals surface area contributed by atoms with Crippen LogP contribution in [0.4, 0.5) is 0 Å². The number of hydrogen-bond donors (Lipinski definition) is 1. The van der Waals surface area contributed by atoms with Crippen LogP contribution in [0.2, 0.25) is 0 Å². The number of aromatic nitrogens is 2. The minimum absolute atomic E-state index is 0.256. The summed E-state index contributed by atoms with van der Waals surface area (Å²) < 4.78 is 0. The van der Waals surface area contributed by atoms with Gasteiger partial charge >= 0.3 is 0 Å². The van der Waals surface area contributed by atoms with Crippen molar-refractivity contribution in [2.75, 3.05) is 13.1 Å². The lowest BCUT2D eigenvalue weighted by Crippen LogP contribution is -2.38. The van der Waals surface area contributed by atoms with Crippen LogP contribution < -0.4 is 0 Å².